The molecular formula is C13H11ClN4O2S. The van der Waals surface area contributed by atoms with E-state index in [1.165, 1.54) is 0 Å². The molecule has 1 aromatic rings. The van der Waals surface area contributed by atoms with Gasteiger partial charge in [0, 0.05) is 11.6 Å². The third-order valence-corrected chi connectivity index (χ3v) is 3.67. The van der Waals surface area contributed by atoms with Crippen molar-refractivity contribution in [3.05, 3.63) is 47.1 Å². The van der Waals surface area contributed by atoms with E-state index >= 15 is 0 Å². The fourth-order valence-corrected chi connectivity index (χ4v) is 2.21. The average molecular weight is 323 g/mol. The highest BCUT2D eigenvalue weighted by Gasteiger charge is 2.14. The van der Waals surface area contributed by atoms with Crippen molar-refractivity contribution in [2.75, 3.05) is 5.75 Å². The van der Waals surface area contributed by atoms with Gasteiger partial charge < -0.3 is 5.32 Å². The second-order valence-corrected chi connectivity index (χ2v) is 5.35. The fraction of sp³-hybridized carbons (Fsp3) is 0.154. The van der Waals surface area contributed by atoms with Crippen LogP contribution in [0, 0.1) is 0 Å². The molecule has 0 aliphatic carbocycles. The highest BCUT2D eigenvalue weighted by molar-refractivity contribution is 8.14. The van der Waals surface area contributed by atoms with Crippen LogP contribution in [0.3, 0.4) is 0 Å². The summed E-state index contributed by atoms with van der Waals surface area (Å²) in [6, 6.07) is 7.26. The van der Waals surface area contributed by atoms with Gasteiger partial charge in [0.05, 0.1) is 5.75 Å². The van der Waals surface area contributed by atoms with Crippen LogP contribution in [0.2, 0.25) is 5.02 Å². The van der Waals surface area contributed by atoms with E-state index in [1.807, 2.05) is 18.2 Å². The molecule has 0 atom stereocenters. The Morgan fingerprint density at radius 1 is 1.33 bits per heavy atom. The van der Waals surface area contributed by atoms with E-state index in [9.17, 15) is 9.59 Å². The normalized spacial score (nSPS) is 14.0. The Hall–Kier alpha value is -1.99. The highest BCUT2D eigenvalue weighted by atomic mass is 35.5. The lowest BCUT2D eigenvalue weighted by Crippen LogP contribution is -2.25. The van der Waals surface area contributed by atoms with Crippen LogP contribution >= 0.6 is 23.4 Å². The number of halogens is 1. The first-order valence-corrected chi connectivity index (χ1v) is 7.29. The van der Waals surface area contributed by atoms with Gasteiger partial charge in [-0.15, -0.1) is 10.2 Å². The molecule has 1 heterocycles. The van der Waals surface area contributed by atoms with Gasteiger partial charge in [0.15, 0.2) is 0 Å². The molecule has 0 spiro atoms. The minimum absolute atomic E-state index is 0.0116. The molecule has 0 fully saturated rings. The summed E-state index contributed by atoms with van der Waals surface area (Å²) < 4.78 is 0. The Kier molecular flexibility index (Phi) is 5.24. The zero-order valence-corrected chi connectivity index (χ0v) is 12.4. The van der Waals surface area contributed by atoms with Crippen LogP contribution in [0.1, 0.15) is 5.56 Å². The van der Waals surface area contributed by atoms with Gasteiger partial charge in [-0.05, 0) is 11.6 Å². The lowest BCUT2D eigenvalue weighted by Gasteiger charge is -2.07. The molecule has 1 N–H and O–H groups in total. The maximum atomic E-state index is 11.7. The smallest absolute Gasteiger partial charge is 0.299 e. The van der Waals surface area contributed by atoms with Gasteiger partial charge in [-0.1, -0.05) is 48.1 Å². The first-order chi connectivity index (χ1) is 10.1. The fourth-order valence-electron chi connectivity index (χ4n) is 1.40. The van der Waals surface area contributed by atoms with Crippen molar-refractivity contribution in [2.24, 2.45) is 15.2 Å². The number of hydrogen-bond acceptors (Lipinski definition) is 5. The van der Waals surface area contributed by atoms with Gasteiger partial charge in [-0.25, -0.2) is 0 Å². The minimum atomic E-state index is -0.538. The first-order valence-electron chi connectivity index (χ1n) is 5.93. The predicted octanol–water partition coefficient (Wildman–Crippen LogP) is 2.55. The van der Waals surface area contributed by atoms with Crippen LogP contribution in [0.4, 0.5) is 0 Å². The number of hydrogen-bond donors (Lipinski definition) is 1. The van der Waals surface area contributed by atoms with Crippen LogP contribution < -0.4 is 5.32 Å². The summed E-state index contributed by atoms with van der Waals surface area (Å²) in [4.78, 5) is 26.6. The molecular weight excluding hydrogens is 312 g/mol. The molecule has 8 heteroatoms. The van der Waals surface area contributed by atoms with E-state index in [2.05, 4.69) is 27.1 Å². The van der Waals surface area contributed by atoms with E-state index in [-0.39, 0.29) is 22.5 Å². The van der Waals surface area contributed by atoms with Crippen molar-refractivity contribution < 1.29 is 9.59 Å². The maximum Gasteiger partial charge on any atom is 0.299 e. The van der Waals surface area contributed by atoms with E-state index < -0.39 is 5.91 Å². The number of rotatable bonds is 4. The topological polar surface area (TPSA) is 83.2 Å². The van der Waals surface area contributed by atoms with Crippen LogP contribution in [0.25, 0.3) is 0 Å². The van der Waals surface area contributed by atoms with Gasteiger partial charge in [0.1, 0.15) is 5.70 Å². The number of carbonyl (C=O) groups excluding carboxylic acids is 2. The lowest BCUT2D eigenvalue weighted by molar-refractivity contribution is -0.118. The largest absolute Gasteiger partial charge is 0.351 e. The lowest BCUT2D eigenvalue weighted by atomic mass is 10.2. The summed E-state index contributed by atoms with van der Waals surface area (Å²) in [5.41, 5.74) is 0.821. The molecule has 0 saturated carbocycles. The molecule has 108 valence electrons. The second kappa shape index (κ2) is 7.14. The number of azo groups is 1. The number of amidine groups is 1. The molecule has 0 radical (unpaired) electrons. The summed E-state index contributed by atoms with van der Waals surface area (Å²) in [6.07, 6.45) is 0. The SMILES string of the molecule is C=C1N=NC(SCC(=O)NCc2ccccc2Cl)=NC1=O. The molecule has 2 amide bonds. The molecule has 0 saturated heterocycles. The Morgan fingerprint density at radius 2 is 2.10 bits per heavy atom. The zero-order chi connectivity index (χ0) is 15.2. The number of thioether (sulfide) groups is 1. The van der Waals surface area contributed by atoms with Crippen molar-refractivity contribution in [1.29, 1.82) is 0 Å². The summed E-state index contributed by atoms with van der Waals surface area (Å²) in [5.74, 6) is -0.666. The summed E-state index contributed by atoms with van der Waals surface area (Å²) >= 11 is 7.02. The molecule has 21 heavy (non-hydrogen) atoms. The number of carbonyl (C=O) groups is 2. The molecule has 0 bridgehead atoms. The first kappa shape index (κ1) is 15.4. The molecule has 1 aromatic carbocycles. The molecule has 1 aliphatic heterocycles. The standard InChI is InChI=1S/C13H11ClN4O2S/c1-8-12(20)16-13(18-17-8)21-7-11(19)15-6-9-4-2-3-5-10(9)14/h2-5H,1,6-7H2,(H,15,19). The third kappa shape index (κ3) is 4.51. The third-order valence-electron chi connectivity index (χ3n) is 2.47. The molecule has 2 rings (SSSR count). The van der Waals surface area contributed by atoms with Gasteiger partial charge in [0.25, 0.3) is 5.91 Å². The summed E-state index contributed by atoms with van der Waals surface area (Å²) in [7, 11) is 0. The Balaban J connectivity index is 1.80. The number of aliphatic imine (C=N–C) groups is 1. The van der Waals surface area contributed by atoms with Crippen molar-refractivity contribution in [3.63, 3.8) is 0 Å². The van der Waals surface area contributed by atoms with Crippen LogP contribution in [-0.2, 0) is 16.1 Å². The van der Waals surface area contributed by atoms with Crippen LogP contribution in [0.15, 0.2) is 51.8 Å². The predicted molar refractivity (Wildman–Crippen MR) is 82.2 cm³/mol. The van der Waals surface area contributed by atoms with E-state index in [1.54, 1.807) is 6.07 Å². The van der Waals surface area contributed by atoms with Crippen LogP contribution in [-0.4, -0.2) is 22.7 Å². The molecule has 0 unspecified atom stereocenters. The average Bonchev–Trinajstić information content (AvgIpc) is 2.47. The second-order valence-electron chi connectivity index (χ2n) is 4.00. The zero-order valence-electron chi connectivity index (χ0n) is 10.9. The molecule has 6 nitrogen and oxygen atoms in total. The van der Waals surface area contributed by atoms with E-state index in [0.29, 0.717) is 11.6 Å². The van der Waals surface area contributed by atoms with E-state index in [0.717, 1.165) is 17.3 Å². The number of nitrogens with one attached hydrogen (secondary N) is 1. The summed E-state index contributed by atoms with van der Waals surface area (Å²) in [6.45, 7) is 3.71. The summed E-state index contributed by atoms with van der Waals surface area (Å²) in [5, 5.41) is 10.7. The van der Waals surface area contributed by atoms with Crippen molar-refractivity contribution in [2.45, 2.75) is 6.54 Å². The van der Waals surface area contributed by atoms with Crippen molar-refractivity contribution in [3.8, 4) is 0 Å². The number of amides is 2. The maximum absolute atomic E-state index is 11.7. The van der Waals surface area contributed by atoms with Gasteiger partial charge in [0.2, 0.25) is 11.1 Å². The number of benzene rings is 1. The van der Waals surface area contributed by atoms with Gasteiger partial charge in [-0.3, -0.25) is 9.59 Å². The Bertz CT molecular complexity index is 657. The van der Waals surface area contributed by atoms with Gasteiger partial charge in [-0.2, -0.15) is 4.99 Å². The Morgan fingerprint density at radius 3 is 2.81 bits per heavy atom. The Labute approximate surface area is 130 Å². The quantitative estimate of drug-likeness (QED) is 0.865. The molecule has 0 aromatic heterocycles. The van der Waals surface area contributed by atoms with Crippen LogP contribution in [0.5, 0.6) is 0 Å². The minimum Gasteiger partial charge on any atom is -0.351 e. The van der Waals surface area contributed by atoms with Gasteiger partial charge >= 0.3 is 0 Å². The van der Waals surface area contributed by atoms with Crippen molar-refractivity contribution in [1.82, 2.24) is 5.32 Å². The monoisotopic (exact) mass is 322 g/mol. The van der Waals surface area contributed by atoms with Crippen molar-refractivity contribution >= 4 is 40.3 Å². The molecule has 1 aliphatic rings. The number of nitrogens with zero attached hydrogens (tertiary/aromatic N) is 3. The highest BCUT2D eigenvalue weighted by Crippen LogP contribution is 2.15. The van der Waals surface area contributed by atoms with E-state index in [4.69, 9.17) is 11.6 Å².